The Morgan fingerprint density at radius 1 is 1.08 bits per heavy atom. The molecule has 2 amide bonds. The highest BCUT2D eigenvalue weighted by Crippen LogP contribution is 2.28. The van der Waals surface area contributed by atoms with Crippen LogP contribution in [0.3, 0.4) is 0 Å². The largest absolute Gasteiger partial charge is 0.339 e. The summed E-state index contributed by atoms with van der Waals surface area (Å²) < 4.78 is 43.4. The number of hydrogen-bond acceptors (Lipinski definition) is 5. The summed E-state index contributed by atoms with van der Waals surface area (Å²) in [6.07, 6.45) is 4.91. The van der Waals surface area contributed by atoms with Crippen LogP contribution in [0.5, 0.6) is 0 Å². The molecule has 2 heterocycles. The molecule has 1 aliphatic heterocycles. The van der Waals surface area contributed by atoms with Crippen molar-refractivity contribution in [1.82, 2.24) is 23.9 Å². The fourth-order valence-corrected chi connectivity index (χ4v) is 5.12. The molecule has 1 aliphatic rings. The molecule has 0 bridgehead atoms. The van der Waals surface area contributed by atoms with Gasteiger partial charge in [-0.05, 0) is 50.3 Å². The summed E-state index contributed by atoms with van der Waals surface area (Å²) in [5.41, 5.74) is 1.33. The highest BCUT2D eigenvalue weighted by atomic mass is 35.5. The molecule has 0 spiro atoms. The smallest absolute Gasteiger partial charge is 0.303 e. The normalized spacial score (nSPS) is 14.8. The van der Waals surface area contributed by atoms with Gasteiger partial charge < -0.3 is 9.47 Å². The molecule has 0 saturated carbocycles. The van der Waals surface area contributed by atoms with Gasteiger partial charge in [0.1, 0.15) is 11.6 Å². The maximum absolute atomic E-state index is 15.3. The van der Waals surface area contributed by atoms with Crippen molar-refractivity contribution in [1.29, 1.82) is 0 Å². The van der Waals surface area contributed by atoms with Crippen LogP contribution in [0.1, 0.15) is 17.8 Å². The average molecular weight is 535 g/mol. The number of carbonyl (C=O) groups excluding carboxylic acids is 1. The van der Waals surface area contributed by atoms with Gasteiger partial charge in [-0.2, -0.15) is 0 Å². The second-order valence-corrected chi connectivity index (χ2v) is 11.2. The lowest BCUT2D eigenvalue weighted by Gasteiger charge is -2.40. The maximum atomic E-state index is 15.3. The number of hydrogen-bond donors (Lipinski definition) is 0. The molecule has 2 aromatic carbocycles. The number of amides is 2. The van der Waals surface area contributed by atoms with E-state index in [1.807, 2.05) is 19.0 Å². The minimum absolute atomic E-state index is 0.0493. The molecule has 0 unspecified atom stereocenters. The van der Waals surface area contributed by atoms with E-state index < -0.39 is 21.9 Å². The SMILES string of the molecule is CN(C)Cc1nccn1-c1ccc(N2CCCN(N(Cc3ccc(Cl)cc3)S(C)(=O)=O)C2=O)c(F)c1. The first-order valence-electron chi connectivity index (χ1n) is 11.3. The number of imidazole rings is 1. The van der Waals surface area contributed by atoms with E-state index in [2.05, 4.69) is 4.98 Å². The Kier molecular flexibility index (Phi) is 7.65. The van der Waals surface area contributed by atoms with Crippen LogP contribution >= 0.6 is 11.6 Å². The van der Waals surface area contributed by atoms with Gasteiger partial charge in [-0.1, -0.05) is 23.7 Å². The fourth-order valence-electron chi connectivity index (χ4n) is 4.10. The molecular weight excluding hydrogens is 507 g/mol. The zero-order valence-electron chi connectivity index (χ0n) is 20.3. The fraction of sp³-hybridized carbons (Fsp3) is 0.333. The quantitative estimate of drug-likeness (QED) is 0.440. The molecule has 0 N–H and O–H groups in total. The van der Waals surface area contributed by atoms with Crippen molar-refractivity contribution in [2.75, 3.05) is 38.3 Å². The average Bonchev–Trinajstić information content (AvgIpc) is 3.26. The van der Waals surface area contributed by atoms with E-state index in [9.17, 15) is 13.2 Å². The highest BCUT2D eigenvalue weighted by Gasteiger charge is 2.36. The van der Waals surface area contributed by atoms with E-state index in [-0.39, 0.29) is 25.3 Å². The standard InChI is InChI=1S/C24H28ClFN6O3S/c1-28(2)17-23-27-11-14-29(23)20-9-10-22(21(26)15-20)30-12-4-13-31(24(30)33)32(36(3,34)35)16-18-5-7-19(25)8-6-18/h5-11,14-15H,4,12-13,16-17H2,1-3H3. The molecule has 4 rings (SSSR count). The van der Waals surface area contributed by atoms with E-state index in [1.54, 1.807) is 47.3 Å². The molecule has 0 atom stereocenters. The van der Waals surface area contributed by atoms with Gasteiger partial charge >= 0.3 is 6.03 Å². The number of benzene rings is 2. The van der Waals surface area contributed by atoms with Crippen molar-refractivity contribution in [2.45, 2.75) is 19.5 Å². The molecule has 1 fully saturated rings. The third-order valence-corrected chi connectivity index (χ3v) is 7.11. The third kappa shape index (κ3) is 5.70. The number of aromatic nitrogens is 2. The van der Waals surface area contributed by atoms with Gasteiger partial charge in [0.2, 0.25) is 10.0 Å². The van der Waals surface area contributed by atoms with Crippen LogP contribution in [0.15, 0.2) is 54.9 Å². The molecule has 1 aromatic heterocycles. The van der Waals surface area contributed by atoms with E-state index in [1.165, 1.54) is 17.0 Å². The Hall–Kier alpha value is -2.99. The molecule has 3 aromatic rings. The van der Waals surface area contributed by atoms with Gasteiger partial charge in [-0.25, -0.2) is 27.6 Å². The molecule has 9 nitrogen and oxygen atoms in total. The lowest BCUT2D eigenvalue weighted by Crippen LogP contribution is -2.58. The molecule has 12 heteroatoms. The summed E-state index contributed by atoms with van der Waals surface area (Å²) in [4.78, 5) is 21.0. The van der Waals surface area contributed by atoms with Crippen molar-refractivity contribution < 1.29 is 17.6 Å². The zero-order chi connectivity index (χ0) is 26.0. The summed E-state index contributed by atoms with van der Waals surface area (Å²) in [6.45, 7) is 0.983. The van der Waals surface area contributed by atoms with Crippen molar-refractivity contribution in [2.24, 2.45) is 0 Å². The Balaban J connectivity index is 1.60. The summed E-state index contributed by atoms with van der Waals surface area (Å²) in [7, 11) is 0.0377. The molecule has 1 saturated heterocycles. The number of nitrogens with zero attached hydrogens (tertiary/aromatic N) is 6. The summed E-state index contributed by atoms with van der Waals surface area (Å²) >= 11 is 5.94. The summed E-state index contributed by atoms with van der Waals surface area (Å²) in [5, 5.41) is 1.68. The van der Waals surface area contributed by atoms with Crippen LogP contribution in [0.4, 0.5) is 14.9 Å². The van der Waals surface area contributed by atoms with Crippen molar-refractivity contribution in [3.05, 3.63) is 77.1 Å². The number of sulfonamides is 1. The lowest BCUT2D eigenvalue weighted by atomic mass is 10.2. The maximum Gasteiger partial charge on any atom is 0.339 e. The van der Waals surface area contributed by atoms with Crippen LogP contribution in [0.2, 0.25) is 5.02 Å². The van der Waals surface area contributed by atoms with Gasteiger partial charge in [0.15, 0.2) is 0 Å². The van der Waals surface area contributed by atoms with Crippen LogP contribution in [-0.2, 0) is 23.1 Å². The monoisotopic (exact) mass is 534 g/mol. The second-order valence-electron chi connectivity index (χ2n) is 8.87. The second kappa shape index (κ2) is 10.6. The van der Waals surface area contributed by atoms with Crippen molar-refractivity contribution in [3.63, 3.8) is 0 Å². The van der Waals surface area contributed by atoms with Crippen molar-refractivity contribution >= 4 is 33.3 Å². The first-order valence-corrected chi connectivity index (χ1v) is 13.5. The number of hydrazine groups is 1. The first-order chi connectivity index (χ1) is 17.0. The van der Waals surface area contributed by atoms with E-state index >= 15 is 4.39 Å². The molecule has 0 aliphatic carbocycles. The lowest BCUT2D eigenvalue weighted by molar-refractivity contribution is 0.0800. The van der Waals surface area contributed by atoms with E-state index in [0.29, 0.717) is 29.2 Å². The summed E-state index contributed by atoms with van der Waals surface area (Å²) in [5.74, 6) is 0.161. The molecular formula is C24H28ClFN6O3S. The Morgan fingerprint density at radius 3 is 2.44 bits per heavy atom. The minimum Gasteiger partial charge on any atom is -0.303 e. The van der Waals surface area contributed by atoms with Crippen LogP contribution < -0.4 is 4.90 Å². The van der Waals surface area contributed by atoms with Gasteiger partial charge in [-0.15, -0.1) is 4.41 Å². The summed E-state index contributed by atoms with van der Waals surface area (Å²) in [6, 6.07) is 10.7. The topological polar surface area (TPSA) is 82.0 Å². The molecule has 36 heavy (non-hydrogen) atoms. The number of urea groups is 1. The van der Waals surface area contributed by atoms with Gasteiger partial charge in [0.25, 0.3) is 0 Å². The minimum atomic E-state index is -3.80. The zero-order valence-corrected chi connectivity index (χ0v) is 21.9. The van der Waals surface area contributed by atoms with Crippen LogP contribution in [0, 0.1) is 5.82 Å². The predicted molar refractivity (Wildman–Crippen MR) is 137 cm³/mol. The Labute approximate surface area is 215 Å². The van der Waals surface area contributed by atoms with Gasteiger partial charge in [0.05, 0.1) is 25.0 Å². The Bertz CT molecular complexity index is 1350. The van der Waals surface area contributed by atoms with E-state index in [0.717, 1.165) is 21.5 Å². The molecule has 192 valence electrons. The third-order valence-electron chi connectivity index (χ3n) is 5.76. The van der Waals surface area contributed by atoms with E-state index in [4.69, 9.17) is 11.6 Å². The number of carbonyl (C=O) groups is 1. The van der Waals surface area contributed by atoms with Gasteiger partial charge in [0, 0.05) is 42.3 Å². The van der Waals surface area contributed by atoms with Gasteiger partial charge in [-0.3, -0.25) is 4.90 Å². The predicted octanol–water partition coefficient (Wildman–Crippen LogP) is 3.74. The number of anilines is 1. The highest BCUT2D eigenvalue weighted by molar-refractivity contribution is 7.88. The first kappa shape index (κ1) is 26.1. The number of rotatable bonds is 8. The van der Waals surface area contributed by atoms with Crippen LogP contribution in [-0.4, -0.2) is 71.8 Å². The number of halogens is 2. The van der Waals surface area contributed by atoms with Crippen molar-refractivity contribution in [3.8, 4) is 5.69 Å². The Morgan fingerprint density at radius 2 is 1.81 bits per heavy atom. The van der Waals surface area contributed by atoms with Crippen LogP contribution in [0.25, 0.3) is 5.69 Å². The molecule has 0 radical (unpaired) electrons.